The fraction of sp³-hybridized carbons (Fsp3) is 0.958. The average Bonchev–Trinajstić information content (AvgIpc) is 3.16. The minimum Gasteiger partial charge on any atom is -0.465 e. The summed E-state index contributed by atoms with van der Waals surface area (Å²) in [6, 6.07) is 0. The van der Waals surface area contributed by atoms with Gasteiger partial charge in [-0.25, -0.2) is 0 Å². The maximum absolute atomic E-state index is 12.6. The summed E-state index contributed by atoms with van der Waals surface area (Å²) in [5, 5.41) is 3.42. The number of hydrogen-bond donors (Lipinski definition) is 1. The molecular weight excluding hydrogens is 655 g/mol. The fourth-order valence-electron chi connectivity index (χ4n) is 7.59. The third-order valence-electron chi connectivity index (χ3n) is 11.3. The van der Waals surface area contributed by atoms with Crippen molar-refractivity contribution in [2.75, 3.05) is 26.3 Å². The Labute approximate surface area is 332 Å². The number of rotatable bonds is 44. The molecule has 0 aliphatic carbocycles. The van der Waals surface area contributed by atoms with Gasteiger partial charge >= 0.3 is 11.9 Å². The molecule has 0 spiro atoms. The zero-order valence-corrected chi connectivity index (χ0v) is 36.6. The van der Waals surface area contributed by atoms with E-state index in [2.05, 4.69) is 33.0 Å². The summed E-state index contributed by atoms with van der Waals surface area (Å²) in [6.45, 7) is 11.9. The van der Waals surface area contributed by atoms with Crippen molar-refractivity contribution < 1.29 is 19.1 Å². The van der Waals surface area contributed by atoms with Crippen LogP contribution in [-0.4, -0.2) is 38.2 Å². The highest BCUT2D eigenvalue weighted by Gasteiger charge is 2.14. The van der Waals surface area contributed by atoms with E-state index < -0.39 is 0 Å². The van der Waals surface area contributed by atoms with Crippen LogP contribution in [-0.2, 0) is 19.1 Å². The van der Waals surface area contributed by atoms with Crippen molar-refractivity contribution in [1.82, 2.24) is 5.32 Å². The van der Waals surface area contributed by atoms with Crippen molar-refractivity contribution in [2.45, 2.75) is 259 Å². The van der Waals surface area contributed by atoms with E-state index in [1.54, 1.807) is 0 Å². The van der Waals surface area contributed by atoms with Gasteiger partial charge in [0.1, 0.15) is 0 Å². The molecule has 0 aromatic heterocycles. The van der Waals surface area contributed by atoms with Crippen LogP contribution in [0.2, 0.25) is 0 Å². The third kappa shape index (κ3) is 40.4. The van der Waals surface area contributed by atoms with Crippen molar-refractivity contribution >= 4 is 11.9 Å². The molecule has 0 radical (unpaired) electrons. The van der Waals surface area contributed by atoms with Crippen LogP contribution >= 0.6 is 0 Å². The molecule has 0 aromatic carbocycles. The molecule has 2 unspecified atom stereocenters. The van der Waals surface area contributed by atoms with Crippen LogP contribution in [0.4, 0.5) is 0 Å². The van der Waals surface area contributed by atoms with Gasteiger partial charge in [-0.15, -0.1) is 0 Å². The number of nitrogens with one attached hydrogen (secondary N) is 1. The molecular formula is C48H95NO4. The number of hydrogen-bond acceptors (Lipinski definition) is 5. The Morgan fingerprint density at radius 1 is 0.358 bits per heavy atom. The Hall–Kier alpha value is -1.10. The quantitative estimate of drug-likeness (QED) is 0.0496. The molecule has 0 amide bonds. The highest BCUT2D eigenvalue weighted by Crippen LogP contribution is 2.22. The lowest BCUT2D eigenvalue weighted by Crippen LogP contribution is -2.20. The molecule has 53 heavy (non-hydrogen) atoms. The maximum Gasteiger partial charge on any atom is 0.305 e. The molecule has 316 valence electrons. The molecule has 0 saturated carbocycles. The first kappa shape index (κ1) is 51.9. The Balaban J connectivity index is 4.22. The zero-order chi connectivity index (χ0) is 38.7. The standard InChI is InChI=1S/C48H95NO4/c1-5-9-13-17-21-23-27-31-37-45(35-29-25-19-15-11-7-3)43-52-47(50)39-33-41-49-42-34-40-48(51)53-44-46(36-30-26-20-16-12-8-4)38-32-28-24-22-18-14-10-6-2/h45-46,49H,5-44H2,1-4H3. The second-order valence-corrected chi connectivity index (χ2v) is 16.7. The van der Waals surface area contributed by atoms with Crippen molar-refractivity contribution in [3.05, 3.63) is 0 Å². The van der Waals surface area contributed by atoms with E-state index in [-0.39, 0.29) is 11.9 Å². The average molecular weight is 750 g/mol. The van der Waals surface area contributed by atoms with Crippen LogP contribution in [0.1, 0.15) is 259 Å². The predicted molar refractivity (Wildman–Crippen MR) is 231 cm³/mol. The van der Waals surface area contributed by atoms with E-state index in [0.717, 1.165) is 25.9 Å². The lowest BCUT2D eigenvalue weighted by Gasteiger charge is -2.17. The normalized spacial score (nSPS) is 12.6. The fourth-order valence-corrected chi connectivity index (χ4v) is 7.59. The van der Waals surface area contributed by atoms with Gasteiger partial charge in [0.05, 0.1) is 13.2 Å². The van der Waals surface area contributed by atoms with E-state index in [1.807, 2.05) is 0 Å². The Kier molecular flexibility index (Phi) is 42.7. The van der Waals surface area contributed by atoms with E-state index in [4.69, 9.17) is 9.47 Å². The first-order valence-corrected chi connectivity index (χ1v) is 24.1. The smallest absolute Gasteiger partial charge is 0.305 e. The molecule has 0 rings (SSSR count). The van der Waals surface area contributed by atoms with E-state index >= 15 is 0 Å². The molecule has 0 saturated heterocycles. The second kappa shape index (κ2) is 43.6. The van der Waals surface area contributed by atoms with Crippen LogP contribution in [0.15, 0.2) is 0 Å². The molecule has 0 aliphatic rings. The minimum atomic E-state index is -0.0539. The van der Waals surface area contributed by atoms with Crippen LogP contribution in [0, 0.1) is 11.8 Å². The number of esters is 2. The Morgan fingerprint density at radius 2 is 0.604 bits per heavy atom. The first-order chi connectivity index (χ1) is 26.1. The first-order valence-electron chi connectivity index (χ1n) is 24.1. The molecule has 0 heterocycles. The number of unbranched alkanes of at least 4 members (excludes halogenated alkanes) is 24. The largest absolute Gasteiger partial charge is 0.465 e. The number of ether oxygens (including phenoxy) is 2. The minimum absolute atomic E-state index is 0.0539. The molecule has 1 N–H and O–H groups in total. The topological polar surface area (TPSA) is 64.6 Å². The molecule has 0 fully saturated rings. The van der Waals surface area contributed by atoms with Gasteiger partial charge in [0, 0.05) is 12.8 Å². The van der Waals surface area contributed by atoms with Crippen molar-refractivity contribution in [3.63, 3.8) is 0 Å². The van der Waals surface area contributed by atoms with Crippen molar-refractivity contribution in [2.24, 2.45) is 11.8 Å². The maximum atomic E-state index is 12.6. The van der Waals surface area contributed by atoms with Crippen LogP contribution in [0.25, 0.3) is 0 Å². The van der Waals surface area contributed by atoms with Crippen LogP contribution in [0.3, 0.4) is 0 Å². The summed E-state index contributed by atoms with van der Waals surface area (Å²) in [5.74, 6) is 0.918. The van der Waals surface area contributed by atoms with Gasteiger partial charge in [0.25, 0.3) is 0 Å². The van der Waals surface area contributed by atoms with Gasteiger partial charge in [0.2, 0.25) is 0 Å². The van der Waals surface area contributed by atoms with Crippen LogP contribution < -0.4 is 5.32 Å². The molecule has 5 heteroatoms. The van der Waals surface area contributed by atoms with Gasteiger partial charge in [-0.3, -0.25) is 9.59 Å². The summed E-state index contributed by atoms with van der Waals surface area (Å²) >= 11 is 0. The van der Waals surface area contributed by atoms with Crippen molar-refractivity contribution in [3.8, 4) is 0 Å². The molecule has 0 aromatic rings. The summed E-state index contributed by atoms with van der Waals surface area (Å²) in [4.78, 5) is 25.1. The lowest BCUT2D eigenvalue weighted by molar-refractivity contribution is -0.146. The summed E-state index contributed by atoms with van der Waals surface area (Å²) in [6.07, 6.45) is 44.6. The van der Waals surface area contributed by atoms with Gasteiger partial charge in [-0.05, 0) is 63.5 Å². The van der Waals surface area contributed by atoms with Crippen LogP contribution in [0.5, 0.6) is 0 Å². The third-order valence-corrected chi connectivity index (χ3v) is 11.3. The Bertz CT molecular complexity index is 683. The van der Waals surface area contributed by atoms with E-state index in [0.29, 0.717) is 37.9 Å². The summed E-state index contributed by atoms with van der Waals surface area (Å²) in [7, 11) is 0. The van der Waals surface area contributed by atoms with Crippen molar-refractivity contribution in [1.29, 1.82) is 0 Å². The summed E-state index contributed by atoms with van der Waals surface area (Å²) in [5.41, 5.74) is 0. The zero-order valence-electron chi connectivity index (χ0n) is 36.6. The highest BCUT2D eigenvalue weighted by molar-refractivity contribution is 5.69. The van der Waals surface area contributed by atoms with Gasteiger partial charge in [0.15, 0.2) is 0 Å². The SMILES string of the molecule is CCCCCCCCCCC(CCCCCCCC)COC(=O)CCCNCCCC(=O)OCC(CCCCCCCC)CCCCCCCCCC. The number of carbonyl (C=O) groups excluding carboxylic acids is 2. The molecule has 5 nitrogen and oxygen atoms in total. The van der Waals surface area contributed by atoms with Gasteiger partial charge in [-0.2, -0.15) is 0 Å². The summed E-state index contributed by atoms with van der Waals surface area (Å²) < 4.78 is 11.6. The highest BCUT2D eigenvalue weighted by atomic mass is 16.5. The van der Waals surface area contributed by atoms with Gasteiger partial charge in [-0.1, -0.05) is 207 Å². The molecule has 0 bridgehead atoms. The second-order valence-electron chi connectivity index (χ2n) is 16.7. The number of carbonyl (C=O) groups is 2. The monoisotopic (exact) mass is 750 g/mol. The molecule has 0 aliphatic heterocycles. The molecule has 2 atom stereocenters. The van der Waals surface area contributed by atoms with E-state index in [1.165, 1.54) is 205 Å². The Morgan fingerprint density at radius 3 is 0.868 bits per heavy atom. The van der Waals surface area contributed by atoms with E-state index in [9.17, 15) is 9.59 Å². The lowest BCUT2D eigenvalue weighted by atomic mass is 9.94. The van der Waals surface area contributed by atoms with Gasteiger partial charge < -0.3 is 14.8 Å². The predicted octanol–water partition coefficient (Wildman–Crippen LogP) is 15.0.